The molecule has 2 unspecified atom stereocenters. The van der Waals surface area contributed by atoms with Crippen LogP contribution in [-0.2, 0) is 15.6 Å². The van der Waals surface area contributed by atoms with Gasteiger partial charge in [-0.05, 0) is 19.8 Å². The van der Waals surface area contributed by atoms with E-state index in [1.54, 1.807) is 27.0 Å². The van der Waals surface area contributed by atoms with Crippen LogP contribution in [0.2, 0.25) is 0 Å². The fraction of sp³-hybridized carbons (Fsp3) is 0.818. The van der Waals surface area contributed by atoms with Crippen LogP contribution >= 0.6 is 0 Å². The second-order valence-corrected chi connectivity index (χ2v) is 5.81. The lowest BCUT2D eigenvalue weighted by Crippen LogP contribution is -2.57. The van der Waals surface area contributed by atoms with Gasteiger partial charge < -0.3 is 15.7 Å². The van der Waals surface area contributed by atoms with E-state index in [0.29, 0.717) is 18.6 Å². The molecule has 2 amide bonds. The van der Waals surface area contributed by atoms with Gasteiger partial charge in [0, 0.05) is 28.9 Å². The molecule has 106 valence electrons. The van der Waals surface area contributed by atoms with E-state index in [9.17, 15) is 13.8 Å². The van der Waals surface area contributed by atoms with Crippen molar-refractivity contribution < 1.29 is 18.9 Å². The lowest BCUT2D eigenvalue weighted by molar-refractivity contribution is -0.144. The SMILES string of the molecule is CCC(CC)(NC(=O)NC(C)CS(C)=O)C(=O)O. The molecule has 0 aromatic rings. The summed E-state index contributed by atoms with van der Waals surface area (Å²) < 4.78 is 11.0. The Morgan fingerprint density at radius 3 is 2.17 bits per heavy atom. The van der Waals surface area contributed by atoms with Crippen LogP contribution in [-0.4, -0.2) is 44.9 Å². The molecule has 0 spiro atoms. The summed E-state index contributed by atoms with van der Waals surface area (Å²) >= 11 is 0. The molecule has 7 heteroatoms. The molecule has 6 nitrogen and oxygen atoms in total. The molecule has 0 fully saturated rings. The molecule has 0 aromatic heterocycles. The Balaban J connectivity index is 4.53. The Morgan fingerprint density at radius 1 is 1.33 bits per heavy atom. The number of carboxylic acids is 1. The highest BCUT2D eigenvalue weighted by atomic mass is 32.2. The van der Waals surface area contributed by atoms with E-state index in [1.165, 1.54) is 0 Å². The number of amides is 2. The van der Waals surface area contributed by atoms with Gasteiger partial charge in [0.2, 0.25) is 0 Å². The number of rotatable bonds is 7. The smallest absolute Gasteiger partial charge is 0.329 e. The van der Waals surface area contributed by atoms with Crippen LogP contribution in [0, 0.1) is 0 Å². The lowest BCUT2D eigenvalue weighted by atomic mass is 9.93. The Morgan fingerprint density at radius 2 is 1.83 bits per heavy atom. The molecule has 0 aromatic carbocycles. The van der Waals surface area contributed by atoms with Crippen LogP contribution in [0.5, 0.6) is 0 Å². The maximum Gasteiger partial charge on any atom is 0.329 e. The molecule has 0 rings (SSSR count). The maximum absolute atomic E-state index is 11.7. The third-order valence-electron chi connectivity index (χ3n) is 2.83. The number of carbonyl (C=O) groups excluding carboxylic acids is 1. The Bertz CT molecular complexity index is 329. The summed E-state index contributed by atoms with van der Waals surface area (Å²) in [5.74, 6) is -0.708. The summed E-state index contributed by atoms with van der Waals surface area (Å²) in [5, 5.41) is 14.2. The molecule has 0 aliphatic rings. The van der Waals surface area contributed by atoms with Crippen molar-refractivity contribution in [3.05, 3.63) is 0 Å². The summed E-state index contributed by atoms with van der Waals surface area (Å²) in [5.41, 5.74) is -1.24. The van der Waals surface area contributed by atoms with Crippen molar-refractivity contribution in [3.8, 4) is 0 Å². The molecule has 2 atom stereocenters. The predicted octanol–water partition coefficient (Wildman–Crippen LogP) is 0.696. The van der Waals surface area contributed by atoms with E-state index in [4.69, 9.17) is 5.11 Å². The Kier molecular flexibility index (Phi) is 6.90. The Hall–Kier alpha value is -1.11. The summed E-state index contributed by atoms with van der Waals surface area (Å²) in [4.78, 5) is 22.9. The van der Waals surface area contributed by atoms with Gasteiger partial charge in [-0.3, -0.25) is 4.21 Å². The van der Waals surface area contributed by atoms with E-state index in [2.05, 4.69) is 10.6 Å². The van der Waals surface area contributed by atoms with E-state index in [-0.39, 0.29) is 6.04 Å². The van der Waals surface area contributed by atoms with Crippen LogP contribution < -0.4 is 10.6 Å². The molecule has 0 aliphatic heterocycles. The van der Waals surface area contributed by atoms with E-state index in [1.807, 2.05) is 0 Å². The zero-order chi connectivity index (χ0) is 14.3. The van der Waals surface area contributed by atoms with Gasteiger partial charge in [-0.25, -0.2) is 9.59 Å². The largest absolute Gasteiger partial charge is 0.480 e. The average Bonchev–Trinajstić information content (AvgIpc) is 2.24. The standard InChI is InChI=1S/C11H22N2O4S/c1-5-11(6-2,9(14)15)13-10(16)12-8(3)7-18(4)17/h8H,5-7H2,1-4H3,(H,14,15)(H2,12,13,16). The minimum Gasteiger partial charge on any atom is -0.480 e. The predicted molar refractivity (Wildman–Crippen MR) is 71.0 cm³/mol. The average molecular weight is 278 g/mol. The fourth-order valence-corrected chi connectivity index (χ4v) is 2.44. The number of urea groups is 1. The van der Waals surface area contributed by atoms with Gasteiger partial charge >= 0.3 is 12.0 Å². The van der Waals surface area contributed by atoms with Gasteiger partial charge in [-0.1, -0.05) is 13.8 Å². The van der Waals surface area contributed by atoms with Crippen molar-refractivity contribution in [2.75, 3.05) is 12.0 Å². The third-order valence-corrected chi connectivity index (χ3v) is 3.80. The monoisotopic (exact) mass is 278 g/mol. The first-order valence-corrected chi connectivity index (χ1v) is 7.62. The molecule has 3 N–H and O–H groups in total. The first-order valence-electron chi connectivity index (χ1n) is 5.89. The summed E-state index contributed by atoms with van der Waals surface area (Å²) in [6.45, 7) is 5.15. The molecule has 0 saturated carbocycles. The molecule has 0 heterocycles. The second kappa shape index (κ2) is 7.35. The maximum atomic E-state index is 11.7. The number of carboxylic acid groups (broad SMARTS) is 1. The van der Waals surface area contributed by atoms with Crippen molar-refractivity contribution in [3.63, 3.8) is 0 Å². The first-order chi connectivity index (χ1) is 8.27. The van der Waals surface area contributed by atoms with Crippen molar-refractivity contribution in [2.24, 2.45) is 0 Å². The van der Waals surface area contributed by atoms with Gasteiger partial charge in [0.05, 0.1) is 0 Å². The van der Waals surface area contributed by atoms with E-state index in [0.717, 1.165) is 0 Å². The third kappa shape index (κ3) is 5.03. The molecule has 0 saturated heterocycles. The molecule has 0 bridgehead atoms. The molecular formula is C11H22N2O4S. The van der Waals surface area contributed by atoms with Crippen LogP contribution in [0.25, 0.3) is 0 Å². The number of aliphatic carboxylic acids is 1. The van der Waals surface area contributed by atoms with Crippen LogP contribution in [0.3, 0.4) is 0 Å². The van der Waals surface area contributed by atoms with Crippen molar-refractivity contribution in [1.29, 1.82) is 0 Å². The second-order valence-electron chi connectivity index (χ2n) is 4.33. The normalized spacial score (nSPS) is 14.7. The molecule has 0 aliphatic carbocycles. The highest BCUT2D eigenvalue weighted by Crippen LogP contribution is 2.15. The van der Waals surface area contributed by atoms with Gasteiger partial charge in [-0.2, -0.15) is 0 Å². The van der Waals surface area contributed by atoms with E-state index < -0.39 is 28.3 Å². The topological polar surface area (TPSA) is 95.5 Å². The first kappa shape index (κ1) is 16.9. The zero-order valence-corrected chi connectivity index (χ0v) is 12.1. The van der Waals surface area contributed by atoms with Crippen LogP contribution in [0.15, 0.2) is 0 Å². The van der Waals surface area contributed by atoms with E-state index >= 15 is 0 Å². The minimum absolute atomic E-state index is 0.268. The minimum atomic E-state index is -1.24. The lowest BCUT2D eigenvalue weighted by Gasteiger charge is -2.28. The molecule has 0 radical (unpaired) electrons. The Labute approximate surface area is 110 Å². The number of carbonyl (C=O) groups is 2. The highest BCUT2D eigenvalue weighted by molar-refractivity contribution is 7.84. The van der Waals surface area contributed by atoms with Gasteiger partial charge in [-0.15, -0.1) is 0 Å². The van der Waals surface area contributed by atoms with Crippen molar-refractivity contribution in [1.82, 2.24) is 10.6 Å². The molecule has 18 heavy (non-hydrogen) atoms. The molecular weight excluding hydrogens is 256 g/mol. The van der Waals surface area contributed by atoms with Crippen LogP contribution in [0.4, 0.5) is 4.79 Å². The van der Waals surface area contributed by atoms with Crippen molar-refractivity contribution >= 4 is 22.8 Å². The van der Waals surface area contributed by atoms with Gasteiger partial charge in [0.15, 0.2) is 0 Å². The van der Waals surface area contributed by atoms with Crippen molar-refractivity contribution in [2.45, 2.75) is 45.2 Å². The quantitative estimate of drug-likeness (QED) is 0.638. The van der Waals surface area contributed by atoms with Gasteiger partial charge in [0.1, 0.15) is 5.54 Å². The highest BCUT2D eigenvalue weighted by Gasteiger charge is 2.36. The number of hydrogen-bond donors (Lipinski definition) is 3. The van der Waals surface area contributed by atoms with Gasteiger partial charge in [0.25, 0.3) is 0 Å². The number of hydrogen-bond acceptors (Lipinski definition) is 3. The summed E-state index contributed by atoms with van der Waals surface area (Å²) in [7, 11) is -1.01. The zero-order valence-electron chi connectivity index (χ0n) is 11.3. The van der Waals surface area contributed by atoms with Crippen LogP contribution in [0.1, 0.15) is 33.6 Å². The summed E-state index contributed by atoms with van der Waals surface area (Å²) in [6, 6.07) is -0.810. The number of nitrogens with one attached hydrogen (secondary N) is 2. The fourth-order valence-electron chi connectivity index (χ4n) is 1.65. The summed E-state index contributed by atoms with van der Waals surface area (Å²) in [6.07, 6.45) is 2.16.